The molecule has 0 bridgehead atoms. The molecule has 3 aromatic rings. The number of aromatic nitrogens is 2. The highest BCUT2D eigenvalue weighted by atomic mass is 16.5. The molecule has 6 nitrogen and oxygen atoms in total. The summed E-state index contributed by atoms with van der Waals surface area (Å²) in [7, 11) is 3.28. The van der Waals surface area contributed by atoms with E-state index in [-0.39, 0.29) is 5.97 Å². The number of esters is 1. The third-order valence-corrected chi connectivity index (χ3v) is 5.34. The van der Waals surface area contributed by atoms with Gasteiger partial charge in [-0.2, -0.15) is 0 Å². The molecule has 0 aliphatic rings. The molecule has 0 saturated carbocycles. The molecule has 2 aromatic carbocycles. The lowest BCUT2D eigenvalue weighted by atomic mass is 10.1. The summed E-state index contributed by atoms with van der Waals surface area (Å²) in [6.07, 6.45) is 0. The summed E-state index contributed by atoms with van der Waals surface area (Å²) in [5.41, 5.74) is 4.91. The Hall–Kier alpha value is -3.02. The van der Waals surface area contributed by atoms with E-state index in [0.29, 0.717) is 24.5 Å². The van der Waals surface area contributed by atoms with Crippen LogP contribution >= 0.6 is 0 Å². The molecule has 0 atom stereocenters. The van der Waals surface area contributed by atoms with Crippen molar-refractivity contribution in [1.29, 1.82) is 0 Å². The highest BCUT2D eigenvalue weighted by Gasteiger charge is 2.23. The molecule has 6 heteroatoms. The Kier molecular flexibility index (Phi) is 6.11. The number of imidazole rings is 1. The van der Waals surface area contributed by atoms with E-state index < -0.39 is 0 Å². The molecule has 0 saturated heterocycles. The number of methoxy groups -OCH3 is 2. The first kappa shape index (κ1) is 20.7. The van der Waals surface area contributed by atoms with E-state index in [1.54, 1.807) is 14.2 Å². The Morgan fingerprint density at radius 3 is 2.34 bits per heavy atom. The highest BCUT2D eigenvalue weighted by molar-refractivity contribution is 5.93. The fraction of sp³-hybridized carbons (Fsp3) is 0.391. The van der Waals surface area contributed by atoms with Crippen molar-refractivity contribution in [3.63, 3.8) is 0 Å². The molecular formula is C23H29N2O4+. The summed E-state index contributed by atoms with van der Waals surface area (Å²) in [4.78, 5) is 12.3. The molecule has 0 spiro atoms. The van der Waals surface area contributed by atoms with E-state index in [4.69, 9.17) is 14.2 Å². The molecule has 154 valence electrons. The van der Waals surface area contributed by atoms with E-state index >= 15 is 0 Å². The van der Waals surface area contributed by atoms with Crippen LogP contribution in [0.4, 0.5) is 0 Å². The van der Waals surface area contributed by atoms with Crippen LogP contribution in [-0.4, -0.2) is 31.4 Å². The van der Waals surface area contributed by atoms with E-state index in [1.807, 2.05) is 37.3 Å². The monoisotopic (exact) mass is 397 g/mol. The average molecular weight is 397 g/mol. The van der Waals surface area contributed by atoms with Crippen LogP contribution in [0, 0.1) is 13.8 Å². The number of ether oxygens (including phenoxy) is 3. The number of benzene rings is 2. The fourth-order valence-electron chi connectivity index (χ4n) is 3.77. The first-order chi connectivity index (χ1) is 13.9. The van der Waals surface area contributed by atoms with Gasteiger partial charge in [0.25, 0.3) is 5.82 Å². The van der Waals surface area contributed by atoms with Gasteiger partial charge in [-0.05, 0) is 50.6 Å². The maximum Gasteiger partial charge on any atom is 0.338 e. The van der Waals surface area contributed by atoms with Crippen LogP contribution in [0.25, 0.3) is 11.0 Å². The number of rotatable bonds is 7. The van der Waals surface area contributed by atoms with Crippen molar-refractivity contribution in [2.45, 2.75) is 40.8 Å². The predicted molar refractivity (Wildman–Crippen MR) is 112 cm³/mol. The Balaban J connectivity index is 2.14. The number of fused-ring (bicyclic) bond motifs is 1. The number of aryl methyl sites for hydroxylation is 2. The van der Waals surface area contributed by atoms with Gasteiger partial charge in [0.1, 0.15) is 6.54 Å². The summed E-state index contributed by atoms with van der Waals surface area (Å²) >= 11 is 0. The zero-order valence-corrected chi connectivity index (χ0v) is 18.0. The minimum absolute atomic E-state index is 0.301. The molecule has 0 fully saturated rings. The van der Waals surface area contributed by atoms with Crippen LogP contribution in [-0.2, 0) is 17.8 Å². The minimum atomic E-state index is -0.301. The summed E-state index contributed by atoms with van der Waals surface area (Å²) in [5, 5.41) is 0. The fourth-order valence-corrected chi connectivity index (χ4v) is 3.77. The topological polar surface area (TPSA) is 53.6 Å². The normalized spacial score (nSPS) is 11.0. The predicted octanol–water partition coefficient (Wildman–Crippen LogP) is 3.81. The Labute approximate surface area is 171 Å². The van der Waals surface area contributed by atoms with Crippen LogP contribution in [0.2, 0.25) is 0 Å². The Morgan fingerprint density at radius 2 is 1.72 bits per heavy atom. The molecule has 29 heavy (non-hydrogen) atoms. The van der Waals surface area contributed by atoms with Gasteiger partial charge in [-0.1, -0.05) is 0 Å². The van der Waals surface area contributed by atoms with Gasteiger partial charge in [-0.15, -0.1) is 0 Å². The van der Waals surface area contributed by atoms with E-state index in [0.717, 1.165) is 40.3 Å². The smallest absolute Gasteiger partial charge is 0.338 e. The van der Waals surface area contributed by atoms with Crippen LogP contribution in [0.1, 0.15) is 41.2 Å². The lowest BCUT2D eigenvalue weighted by molar-refractivity contribution is -0.674. The lowest BCUT2D eigenvalue weighted by Gasteiger charge is -2.12. The summed E-state index contributed by atoms with van der Waals surface area (Å²) in [6, 6.07) is 9.76. The molecule has 0 radical (unpaired) electrons. The lowest BCUT2D eigenvalue weighted by Crippen LogP contribution is -2.35. The summed E-state index contributed by atoms with van der Waals surface area (Å²) < 4.78 is 20.6. The Bertz CT molecular complexity index is 1050. The van der Waals surface area contributed by atoms with Gasteiger partial charge in [0.05, 0.1) is 32.9 Å². The first-order valence-corrected chi connectivity index (χ1v) is 9.86. The zero-order chi connectivity index (χ0) is 21.1. The average Bonchev–Trinajstić information content (AvgIpc) is 2.99. The molecule has 1 aromatic heterocycles. The second-order valence-corrected chi connectivity index (χ2v) is 6.94. The zero-order valence-electron chi connectivity index (χ0n) is 18.0. The first-order valence-electron chi connectivity index (χ1n) is 9.86. The van der Waals surface area contributed by atoms with Crippen LogP contribution in [0.15, 0.2) is 30.3 Å². The van der Waals surface area contributed by atoms with Crippen molar-refractivity contribution in [2.75, 3.05) is 20.8 Å². The van der Waals surface area contributed by atoms with E-state index in [9.17, 15) is 4.79 Å². The van der Waals surface area contributed by atoms with E-state index in [1.165, 1.54) is 0 Å². The standard InChI is InChI=1S/C23H29N2O4/c1-7-24-16(4)25(14-18-13-22(28-6)21(27-5)11-15(18)3)20-12-17(9-10-19(20)24)23(26)29-8-2/h9-13H,7-8,14H2,1-6H3/q+1. The molecule has 0 unspecified atom stereocenters. The third kappa shape index (κ3) is 3.79. The van der Waals surface area contributed by atoms with Gasteiger partial charge in [0.15, 0.2) is 22.5 Å². The molecule has 0 aliphatic carbocycles. The van der Waals surface area contributed by atoms with Crippen molar-refractivity contribution < 1.29 is 23.6 Å². The largest absolute Gasteiger partial charge is 0.493 e. The number of carbonyl (C=O) groups is 1. The SMILES string of the molecule is CCOC(=O)c1ccc2c(c1)n(Cc1cc(OC)c(OC)cc1C)c(C)[n+]2CC. The van der Waals surface area contributed by atoms with Gasteiger partial charge >= 0.3 is 5.97 Å². The van der Waals surface area contributed by atoms with Gasteiger partial charge in [0.2, 0.25) is 0 Å². The second kappa shape index (κ2) is 8.55. The van der Waals surface area contributed by atoms with Crippen LogP contribution < -0.4 is 14.0 Å². The number of hydrogen-bond acceptors (Lipinski definition) is 4. The number of nitrogens with zero attached hydrogens (tertiary/aromatic N) is 2. The molecule has 0 amide bonds. The van der Waals surface area contributed by atoms with Crippen molar-refractivity contribution in [1.82, 2.24) is 4.57 Å². The molecule has 0 aliphatic heterocycles. The van der Waals surface area contributed by atoms with Crippen LogP contribution in [0.3, 0.4) is 0 Å². The minimum Gasteiger partial charge on any atom is -0.493 e. The number of hydrogen-bond donors (Lipinski definition) is 0. The second-order valence-electron chi connectivity index (χ2n) is 6.94. The molecule has 1 heterocycles. The van der Waals surface area contributed by atoms with Crippen molar-refractivity contribution in [2.24, 2.45) is 0 Å². The molecule has 3 rings (SSSR count). The molecule has 0 N–H and O–H groups in total. The summed E-state index contributed by atoms with van der Waals surface area (Å²) in [6.45, 7) is 9.97. The maximum atomic E-state index is 12.3. The third-order valence-electron chi connectivity index (χ3n) is 5.34. The number of carbonyl (C=O) groups excluding carboxylic acids is 1. The van der Waals surface area contributed by atoms with Gasteiger partial charge < -0.3 is 14.2 Å². The molecular weight excluding hydrogens is 368 g/mol. The van der Waals surface area contributed by atoms with Crippen LogP contribution in [0.5, 0.6) is 11.5 Å². The Morgan fingerprint density at radius 1 is 1.03 bits per heavy atom. The quantitative estimate of drug-likeness (QED) is 0.449. The summed E-state index contributed by atoms with van der Waals surface area (Å²) in [5.74, 6) is 2.25. The van der Waals surface area contributed by atoms with Crippen molar-refractivity contribution >= 4 is 17.0 Å². The van der Waals surface area contributed by atoms with Crippen molar-refractivity contribution in [3.05, 3.63) is 52.8 Å². The van der Waals surface area contributed by atoms with E-state index in [2.05, 4.69) is 29.9 Å². The van der Waals surface area contributed by atoms with Gasteiger partial charge in [0, 0.05) is 18.6 Å². The van der Waals surface area contributed by atoms with Gasteiger partial charge in [-0.25, -0.2) is 13.9 Å². The van der Waals surface area contributed by atoms with Gasteiger partial charge in [-0.3, -0.25) is 0 Å². The van der Waals surface area contributed by atoms with Crippen molar-refractivity contribution in [3.8, 4) is 11.5 Å². The maximum absolute atomic E-state index is 12.3. The highest BCUT2D eigenvalue weighted by Crippen LogP contribution is 2.31.